The Kier molecular flexibility index (Phi) is 3.90. The van der Waals surface area contributed by atoms with Gasteiger partial charge in [0.05, 0.1) is 5.56 Å². The van der Waals surface area contributed by atoms with Gasteiger partial charge in [-0.2, -0.15) is 0 Å². The number of ketones is 1. The molecule has 0 bridgehead atoms. The van der Waals surface area contributed by atoms with Crippen molar-refractivity contribution in [2.24, 2.45) is 0 Å². The Morgan fingerprint density at radius 1 is 1.00 bits per heavy atom. The van der Waals surface area contributed by atoms with Crippen LogP contribution in [0.1, 0.15) is 15.9 Å². The first-order valence-electron chi connectivity index (χ1n) is 5.39. The van der Waals surface area contributed by atoms with Crippen molar-refractivity contribution in [1.82, 2.24) is 0 Å². The monoisotopic (exact) mass is 284 g/mol. The number of benzene rings is 2. The quantitative estimate of drug-likeness (QED) is 0.773. The highest BCUT2D eigenvalue weighted by atomic mass is 35.5. The normalized spacial score (nSPS) is 10.5. The summed E-state index contributed by atoms with van der Waals surface area (Å²) in [6, 6.07) is 6.31. The predicted molar refractivity (Wildman–Crippen MR) is 65.8 cm³/mol. The van der Waals surface area contributed by atoms with Crippen LogP contribution in [0.3, 0.4) is 0 Å². The number of halogens is 4. The van der Waals surface area contributed by atoms with Crippen LogP contribution < -0.4 is 0 Å². The van der Waals surface area contributed by atoms with E-state index in [2.05, 4.69) is 0 Å². The molecule has 0 aliphatic carbocycles. The van der Waals surface area contributed by atoms with Crippen LogP contribution in [-0.4, -0.2) is 5.78 Å². The largest absolute Gasteiger partial charge is 0.294 e. The van der Waals surface area contributed by atoms with Crippen LogP contribution in [0, 0.1) is 17.5 Å². The van der Waals surface area contributed by atoms with E-state index in [0.717, 1.165) is 24.3 Å². The molecule has 5 heteroatoms. The summed E-state index contributed by atoms with van der Waals surface area (Å²) in [4.78, 5) is 11.9. The fourth-order valence-electron chi connectivity index (χ4n) is 1.65. The van der Waals surface area contributed by atoms with E-state index >= 15 is 0 Å². The molecular weight excluding hydrogens is 277 g/mol. The zero-order valence-corrected chi connectivity index (χ0v) is 10.3. The second-order valence-electron chi connectivity index (χ2n) is 3.96. The molecule has 0 atom stereocenters. The number of Topliss-reactive ketones (excluding diaryl/α,β-unsaturated/α-hetero) is 1. The lowest BCUT2D eigenvalue weighted by Crippen LogP contribution is -2.07. The molecule has 0 saturated heterocycles. The van der Waals surface area contributed by atoms with E-state index in [1.165, 1.54) is 6.07 Å². The van der Waals surface area contributed by atoms with Gasteiger partial charge in [-0.3, -0.25) is 4.79 Å². The molecule has 0 aromatic heterocycles. The van der Waals surface area contributed by atoms with Crippen molar-refractivity contribution in [1.29, 1.82) is 0 Å². The van der Waals surface area contributed by atoms with Crippen LogP contribution in [0.25, 0.3) is 0 Å². The van der Waals surface area contributed by atoms with Gasteiger partial charge in [0, 0.05) is 17.5 Å². The van der Waals surface area contributed by atoms with Crippen LogP contribution in [0.15, 0.2) is 36.4 Å². The first-order chi connectivity index (χ1) is 8.97. The van der Waals surface area contributed by atoms with Gasteiger partial charge in [-0.25, -0.2) is 13.2 Å². The summed E-state index contributed by atoms with van der Waals surface area (Å²) >= 11 is 5.78. The van der Waals surface area contributed by atoms with Crippen LogP contribution in [0.2, 0.25) is 5.02 Å². The molecule has 1 nitrogen and oxygen atoms in total. The Morgan fingerprint density at radius 2 is 1.63 bits per heavy atom. The second-order valence-corrected chi connectivity index (χ2v) is 4.37. The zero-order valence-electron chi connectivity index (χ0n) is 9.59. The standard InChI is InChI=1S/C14H8ClF3O/c15-12-6-9(16)2-1-8(12)5-14(19)11-4-3-10(17)7-13(11)18/h1-4,6-7H,5H2. The third kappa shape index (κ3) is 3.15. The Morgan fingerprint density at radius 3 is 2.26 bits per heavy atom. The fraction of sp³-hybridized carbons (Fsp3) is 0.0714. The van der Waals surface area contributed by atoms with Gasteiger partial charge in [0.15, 0.2) is 5.78 Å². The molecule has 2 aromatic rings. The van der Waals surface area contributed by atoms with Crippen molar-refractivity contribution in [3.8, 4) is 0 Å². The predicted octanol–water partition coefficient (Wildman–Crippen LogP) is 4.18. The fourth-order valence-corrected chi connectivity index (χ4v) is 1.88. The lowest BCUT2D eigenvalue weighted by atomic mass is 10.0. The molecule has 0 saturated carbocycles. The molecule has 0 heterocycles. The van der Waals surface area contributed by atoms with E-state index in [0.29, 0.717) is 11.6 Å². The molecule has 0 aliphatic heterocycles. The van der Waals surface area contributed by atoms with E-state index in [1.54, 1.807) is 0 Å². The molecule has 0 radical (unpaired) electrons. The Labute approximate surface area is 112 Å². The zero-order chi connectivity index (χ0) is 14.0. The molecule has 0 N–H and O–H groups in total. The van der Waals surface area contributed by atoms with Crippen LogP contribution in [0.4, 0.5) is 13.2 Å². The average Bonchev–Trinajstić information content (AvgIpc) is 2.32. The second kappa shape index (κ2) is 5.45. The summed E-state index contributed by atoms with van der Waals surface area (Å²) in [5.74, 6) is -2.75. The summed E-state index contributed by atoms with van der Waals surface area (Å²) in [7, 11) is 0. The molecule has 0 unspecified atom stereocenters. The van der Waals surface area contributed by atoms with Gasteiger partial charge in [0.1, 0.15) is 17.5 Å². The van der Waals surface area contributed by atoms with Crippen LogP contribution >= 0.6 is 11.6 Å². The van der Waals surface area contributed by atoms with Gasteiger partial charge in [-0.05, 0) is 29.8 Å². The summed E-state index contributed by atoms with van der Waals surface area (Å²) in [5, 5.41) is 0.0934. The summed E-state index contributed by atoms with van der Waals surface area (Å²) in [6.45, 7) is 0. The molecule has 0 fully saturated rings. The maximum absolute atomic E-state index is 13.4. The van der Waals surface area contributed by atoms with Gasteiger partial charge in [0.2, 0.25) is 0 Å². The Bertz CT molecular complexity index is 641. The Balaban J connectivity index is 2.25. The number of rotatable bonds is 3. The molecule has 0 aliphatic rings. The van der Waals surface area contributed by atoms with E-state index in [1.807, 2.05) is 0 Å². The molecule has 2 aromatic carbocycles. The van der Waals surface area contributed by atoms with Gasteiger partial charge in [-0.1, -0.05) is 17.7 Å². The topological polar surface area (TPSA) is 17.1 Å². The molecular formula is C14H8ClF3O. The summed E-state index contributed by atoms with van der Waals surface area (Å²) in [6.07, 6.45) is -0.179. The maximum atomic E-state index is 13.4. The van der Waals surface area contributed by atoms with Crippen molar-refractivity contribution < 1.29 is 18.0 Å². The lowest BCUT2D eigenvalue weighted by Gasteiger charge is -2.05. The number of carbonyl (C=O) groups excluding carboxylic acids is 1. The van der Waals surface area contributed by atoms with Crippen molar-refractivity contribution in [3.05, 3.63) is 70.0 Å². The average molecular weight is 285 g/mol. The van der Waals surface area contributed by atoms with Crippen molar-refractivity contribution in [3.63, 3.8) is 0 Å². The molecule has 2 rings (SSSR count). The Hall–Kier alpha value is -1.81. The third-order valence-electron chi connectivity index (χ3n) is 2.60. The van der Waals surface area contributed by atoms with Gasteiger partial charge in [-0.15, -0.1) is 0 Å². The van der Waals surface area contributed by atoms with E-state index < -0.39 is 23.2 Å². The molecule has 0 amide bonds. The van der Waals surface area contributed by atoms with Crippen LogP contribution in [0.5, 0.6) is 0 Å². The molecule has 0 spiro atoms. The number of hydrogen-bond donors (Lipinski definition) is 0. The van der Waals surface area contributed by atoms with E-state index in [-0.39, 0.29) is 17.0 Å². The third-order valence-corrected chi connectivity index (χ3v) is 2.95. The SMILES string of the molecule is O=C(Cc1ccc(F)cc1Cl)c1ccc(F)cc1F. The number of carbonyl (C=O) groups is 1. The summed E-state index contributed by atoms with van der Waals surface area (Å²) < 4.78 is 39.0. The first-order valence-corrected chi connectivity index (χ1v) is 5.77. The van der Waals surface area contributed by atoms with Gasteiger partial charge >= 0.3 is 0 Å². The highest BCUT2D eigenvalue weighted by Crippen LogP contribution is 2.20. The molecule has 98 valence electrons. The molecule has 19 heavy (non-hydrogen) atoms. The highest BCUT2D eigenvalue weighted by Gasteiger charge is 2.14. The number of hydrogen-bond acceptors (Lipinski definition) is 1. The highest BCUT2D eigenvalue weighted by molar-refractivity contribution is 6.31. The minimum atomic E-state index is -0.928. The van der Waals surface area contributed by atoms with Crippen molar-refractivity contribution >= 4 is 17.4 Å². The first kappa shape index (κ1) is 13.6. The minimum Gasteiger partial charge on any atom is -0.294 e. The van der Waals surface area contributed by atoms with Crippen molar-refractivity contribution in [2.75, 3.05) is 0 Å². The smallest absolute Gasteiger partial charge is 0.170 e. The van der Waals surface area contributed by atoms with Gasteiger partial charge in [0.25, 0.3) is 0 Å². The van der Waals surface area contributed by atoms with Gasteiger partial charge < -0.3 is 0 Å². The van der Waals surface area contributed by atoms with E-state index in [9.17, 15) is 18.0 Å². The minimum absolute atomic E-state index is 0.0934. The summed E-state index contributed by atoms with van der Waals surface area (Å²) in [5.41, 5.74) is 0.165. The maximum Gasteiger partial charge on any atom is 0.170 e. The van der Waals surface area contributed by atoms with Crippen molar-refractivity contribution in [2.45, 2.75) is 6.42 Å². The lowest BCUT2D eigenvalue weighted by molar-refractivity contribution is 0.0989. The van der Waals surface area contributed by atoms with E-state index in [4.69, 9.17) is 11.6 Å². The van der Waals surface area contributed by atoms with Crippen LogP contribution in [-0.2, 0) is 6.42 Å².